The Labute approximate surface area is 90.8 Å². The van der Waals surface area contributed by atoms with Crippen molar-refractivity contribution in [1.82, 2.24) is 0 Å². The van der Waals surface area contributed by atoms with Crippen LogP contribution in [-0.2, 0) is 4.74 Å². The van der Waals surface area contributed by atoms with E-state index in [1.54, 1.807) is 14.2 Å². The zero-order valence-corrected chi connectivity index (χ0v) is 9.36. The Kier molecular flexibility index (Phi) is 4.48. The van der Waals surface area contributed by atoms with E-state index in [0.29, 0.717) is 0 Å². The first-order valence-corrected chi connectivity index (χ1v) is 4.82. The molecule has 1 aromatic carbocycles. The molecule has 2 heteroatoms. The molecule has 0 radical (unpaired) electrons. The highest BCUT2D eigenvalue weighted by Gasteiger charge is 1.93. The lowest BCUT2D eigenvalue weighted by Crippen LogP contribution is -1.84. The number of benzene rings is 1. The molecule has 1 aromatic rings. The molecule has 0 aliphatic heterocycles. The lowest BCUT2D eigenvalue weighted by molar-refractivity contribution is 0.310. The van der Waals surface area contributed by atoms with Crippen LogP contribution >= 0.6 is 0 Å². The molecule has 2 nitrogen and oxygen atoms in total. The van der Waals surface area contributed by atoms with Gasteiger partial charge in [-0.2, -0.15) is 0 Å². The van der Waals surface area contributed by atoms with E-state index >= 15 is 0 Å². The van der Waals surface area contributed by atoms with Crippen molar-refractivity contribution >= 4 is 6.08 Å². The molecule has 0 N–H and O–H groups in total. The molecule has 0 atom stereocenters. The van der Waals surface area contributed by atoms with Crippen LogP contribution in [0.3, 0.4) is 0 Å². The van der Waals surface area contributed by atoms with Crippen LogP contribution in [0.15, 0.2) is 42.2 Å². The van der Waals surface area contributed by atoms with E-state index in [4.69, 9.17) is 9.47 Å². The number of rotatable bonds is 4. The molecule has 0 saturated heterocycles. The summed E-state index contributed by atoms with van der Waals surface area (Å²) in [5.41, 5.74) is 1.09. The molecule has 1 rings (SSSR count). The SMILES string of the molecule is C/C=C/C(=C/c1ccc(OC)cc1)OC. The maximum Gasteiger partial charge on any atom is 0.119 e. The molecule has 0 saturated carbocycles. The van der Waals surface area contributed by atoms with Gasteiger partial charge in [0, 0.05) is 0 Å². The standard InChI is InChI=1S/C13H16O2/c1-4-5-13(15-3)10-11-6-8-12(14-2)9-7-11/h4-10H,1-3H3/b5-4+,13-10-. The zero-order valence-electron chi connectivity index (χ0n) is 9.36. The summed E-state index contributed by atoms with van der Waals surface area (Å²) in [5, 5.41) is 0. The first-order valence-electron chi connectivity index (χ1n) is 4.82. The summed E-state index contributed by atoms with van der Waals surface area (Å²) in [7, 11) is 3.32. The first-order chi connectivity index (χ1) is 7.30. The van der Waals surface area contributed by atoms with Crippen LogP contribution in [-0.4, -0.2) is 14.2 Å². The van der Waals surface area contributed by atoms with Crippen LogP contribution in [0.1, 0.15) is 12.5 Å². The zero-order chi connectivity index (χ0) is 11.1. The second-order valence-corrected chi connectivity index (χ2v) is 3.02. The van der Waals surface area contributed by atoms with Crippen molar-refractivity contribution in [2.45, 2.75) is 6.92 Å². The maximum absolute atomic E-state index is 5.19. The predicted molar refractivity (Wildman–Crippen MR) is 62.8 cm³/mol. The van der Waals surface area contributed by atoms with Crippen molar-refractivity contribution in [1.29, 1.82) is 0 Å². The van der Waals surface area contributed by atoms with Crippen molar-refractivity contribution in [2.75, 3.05) is 14.2 Å². The molecule has 0 unspecified atom stereocenters. The normalized spacial score (nSPS) is 11.8. The summed E-state index contributed by atoms with van der Waals surface area (Å²) in [4.78, 5) is 0. The fourth-order valence-corrected chi connectivity index (χ4v) is 1.20. The Hall–Kier alpha value is -1.70. The van der Waals surface area contributed by atoms with Gasteiger partial charge in [-0.3, -0.25) is 0 Å². The second kappa shape index (κ2) is 5.91. The maximum atomic E-state index is 5.19. The molecular weight excluding hydrogens is 188 g/mol. The fraction of sp³-hybridized carbons (Fsp3) is 0.231. The highest BCUT2D eigenvalue weighted by Crippen LogP contribution is 2.14. The smallest absolute Gasteiger partial charge is 0.119 e. The Balaban J connectivity index is 2.86. The van der Waals surface area contributed by atoms with Crippen molar-refractivity contribution in [3.8, 4) is 5.75 Å². The quantitative estimate of drug-likeness (QED) is 0.553. The Morgan fingerprint density at radius 1 is 1.13 bits per heavy atom. The Bertz CT molecular complexity index is 347. The molecule has 15 heavy (non-hydrogen) atoms. The van der Waals surface area contributed by atoms with Gasteiger partial charge in [0.2, 0.25) is 0 Å². The van der Waals surface area contributed by atoms with E-state index < -0.39 is 0 Å². The summed E-state index contributed by atoms with van der Waals surface area (Å²) in [6.07, 6.45) is 5.84. The number of methoxy groups -OCH3 is 2. The van der Waals surface area contributed by atoms with Gasteiger partial charge in [-0.15, -0.1) is 0 Å². The average molecular weight is 204 g/mol. The molecule has 0 spiro atoms. The molecule has 0 bridgehead atoms. The van der Waals surface area contributed by atoms with Crippen LogP contribution in [0.4, 0.5) is 0 Å². The molecule has 0 amide bonds. The number of allylic oxidation sites excluding steroid dienone is 2. The minimum atomic E-state index is 0.836. The highest BCUT2D eigenvalue weighted by atomic mass is 16.5. The Morgan fingerprint density at radius 3 is 2.27 bits per heavy atom. The van der Waals surface area contributed by atoms with Gasteiger partial charge in [-0.1, -0.05) is 18.2 Å². The lowest BCUT2D eigenvalue weighted by Gasteiger charge is -2.02. The van der Waals surface area contributed by atoms with Crippen LogP contribution in [0.2, 0.25) is 0 Å². The van der Waals surface area contributed by atoms with Crippen molar-refractivity contribution in [3.05, 3.63) is 47.7 Å². The molecular formula is C13H16O2. The fourth-order valence-electron chi connectivity index (χ4n) is 1.20. The minimum absolute atomic E-state index is 0.836. The monoisotopic (exact) mass is 204 g/mol. The van der Waals surface area contributed by atoms with E-state index in [1.807, 2.05) is 49.4 Å². The average Bonchev–Trinajstić information content (AvgIpc) is 2.29. The van der Waals surface area contributed by atoms with Crippen molar-refractivity contribution in [3.63, 3.8) is 0 Å². The molecule has 0 aliphatic carbocycles. The van der Waals surface area contributed by atoms with Crippen LogP contribution in [0.5, 0.6) is 5.75 Å². The summed E-state index contributed by atoms with van der Waals surface area (Å²) in [5.74, 6) is 1.69. The van der Waals surface area contributed by atoms with Crippen LogP contribution in [0.25, 0.3) is 6.08 Å². The largest absolute Gasteiger partial charge is 0.497 e. The molecule has 0 aliphatic rings. The van der Waals surface area contributed by atoms with E-state index in [9.17, 15) is 0 Å². The minimum Gasteiger partial charge on any atom is -0.497 e. The molecule has 0 fully saturated rings. The highest BCUT2D eigenvalue weighted by molar-refractivity contribution is 5.54. The van der Waals surface area contributed by atoms with E-state index in [2.05, 4.69) is 0 Å². The van der Waals surface area contributed by atoms with Gasteiger partial charge in [0.05, 0.1) is 14.2 Å². The first kappa shape index (κ1) is 11.4. The number of hydrogen-bond acceptors (Lipinski definition) is 2. The summed E-state index contributed by atoms with van der Waals surface area (Å²) < 4.78 is 10.3. The summed E-state index contributed by atoms with van der Waals surface area (Å²) in [6, 6.07) is 7.83. The summed E-state index contributed by atoms with van der Waals surface area (Å²) in [6.45, 7) is 1.96. The van der Waals surface area contributed by atoms with Crippen molar-refractivity contribution in [2.24, 2.45) is 0 Å². The van der Waals surface area contributed by atoms with Gasteiger partial charge >= 0.3 is 0 Å². The topological polar surface area (TPSA) is 18.5 Å². The van der Waals surface area contributed by atoms with Gasteiger partial charge in [0.1, 0.15) is 11.5 Å². The van der Waals surface area contributed by atoms with E-state index in [0.717, 1.165) is 17.1 Å². The predicted octanol–water partition coefficient (Wildman–Crippen LogP) is 3.26. The summed E-state index contributed by atoms with van der Waals surface area (Å²) >= 11 is 0. The lowest BCUT2D eigenvalue weighted by atomic mass is 10.2. The molecule has 0 heterocycles. The molecule has 0 aromatic heterocycles. The number of ether oxygens (including phenoxy) is 2. The van der Waals surface area contributed by atoms with Crippen molar-refractivity contribution < 1.29 is 9.47 Å². The van der Waals surface area contributed by atoms with E-state index in [-0.39, 0.29) is 0 Å². The van der Waals surface area contributed by atoms with Gasteiger partial charge < -0.3 is 9.47 Å². The third-order valence-electron chi connectivity index (χ3n) is 1.99. The third-order valence-corrected chi connectivity index (χ3v) is 1.99. The Morgan fingerprint density at radius 2 is 1.80 bits per heavy atom. The van der Waals surface area contributed by atoms with Gasteiger partial charge in [-0.25, -0.2) is 0 Å². The van der Waals surface area contributed by atoms with Crippen LogP contribution < -0.4 is 4.74 Å². The van der Waals surface area contributed by atoms with E-state index in [1.165, 1.54) is 0 Å². The van der Waals surface area contributed by atoms with Gasteiger partial charge in [0.25, 0.3) is 0 Å². The van der Waals surface area contributed by atoms with Crippen LogP contribution in [0, 0.1) is 0 Å². The molecule has 80 valence electrons. The number of hydrogen-bond donors (Lipinski definition) is 0. The van der Waals surface area contributed by atoms with Gasteiger partial charge in [-0.05, 0) is 36.8 Å². The second-order valence-electron chi connectivity index (χ2n) is 3.02. The third kappa shape index (κ3) is 3.50. The van der Waals surface area contributed by atoms with Gasteiger partial charge in [0.15, 0.2) is 0 Å².